The van der Waals surface area contributed by atoms with Crippen LogP contribution in [0.4, 0.5) is 11.5 Å². The van der Waals surface area contributed by atoms with Crippen LogP contribution in [0.15, 0.2) is 72.0 Å². The molecular weight excluding hydrogens is 442 g/mol. The molecule has 2 aromatic carbocycles. The minimum atomic E-state index is -0.242. The number of imidazole rings is 1. The van der Waals surface area contributed by atoms with E-state index < -0.39 is 0 Å². The summed E-state index contributed by atoms with van der Waals surface area (Å²) in [5.74, 6) is 0.609. The van der Waals surface area contributed by atoms with Crippen molar-refractivity contribution in [3.63, 3.8) is 0 Å². The van der Waals surface area contributed by atoms with E-state index in [0.29, 0.717) is 35.6 Å². The van der Waals surface area contributed by atoms with E-state index in [1.165, 1.54) is 6.33 Å². The number of pyridine rings is 1. The van der Waals surface area contributed by atoms with Crippen LogP contribution in [-0.2, 0) is 4.74 Å². The number of hydrogen-bond acceptors (Lipinski definition) is 7. The van der Waals surface area contributed by atoms with Crippen LogP contribution in [-0.4, -0.2) is 50.8 Å². The standard InChI is InChI=1S/C26H25N7O2/c1-17(31-25-23-24(28-15-27-23)29-16-30-25)21-14-18-6-5-9-20(32-10-12-35-13-11-32)22(18)26(34)33(21)19-7-3-2-4-8-19/h2-9,14-17H,10-13H2,1H3,(H2,27,28,29,30,31)/t17-/m0/s1. The Labute approximate surface area is 201 Å². The largest absolute Gasteiger partial charge is 0.378 e. The predicted octanol–water partition coefficient (Wildman–Crippen LogP) is 3.67. The molecule has 5 aromatic rings. The molecule has 1 aliphatic heterocycles. The van der Waals surface area contributed by atoms with Crippen LogP contribution in [0.25, 0.3) is 27.6 Å². The van der Waals surface area contributed by atoms with E-state index in [1.54, 1.807) is 10.9 Å². The molecule has 0 aliphatic carbocycles. The number of aromatic nitrogens is 5. The van der Waals surface area contributed by atoms with E-state index in [4.69, 9.17) is 4.74 Å². The number of anilines is 2. The molecule has 1 saturated heterocycles. The molecule has 2 N–H and O–H groups in total. The van der Waals surface area contributed by atoms with Crippen molar-refractivity contribution in [2.24, 2.45) is 0 Å². The van der Waals surface area contributed by atoms with Crippen LogP contribution in [0.1, 0.15) is 18.7 Å². The van der Waals surface area contributed by atoms with Gasteiger partial charge in [0.15, 0.2) is 11.5 Å². The van der Waals surface area contributed by atoms with Gasteiger partial charge in [0.25, 0.3) is 5.56 Å². The summed E-state index contributed by atoms with van der Waals surface area (Å²) in [6.07, 6.45) is 3.09. The molecule has 0 saturated carbocycles. The second-order valence-corrected chi connectivity index (χ2v) is 8.57. The Balaban J connectivity index is 1.53. The molecule has 0 radical (unpaired) electrons. The summed E-state index contributed by atoms with van der Waals surface area (Å²) in [6.45, 7) is 4.85. The third kappa shape index (κ3) is 3.79. The Bertz CT molecular complexity index is 1560. The summed E-state index contributed by atoms with van der Waals surface area (Å²) >= 11 is 0. The molecule has 6 rings (SSSR count). The van der Waals surface area contributed by atoms with Crippen molar-refractivity contribution >= 4 is 33.4 Å². The molecular formula is C26H25N7O2. The Morgan fingerprint density at radius 3 is 2.69 bits per heavy atom. The first kappa shape index (κ1) is 21.3. The van der Waals surface area contributed by atoms with Gasteiger partial charge in [-0.05, 0) is 36.6 Å². The number of nitrogens with one attached hydrogen (secondary N) is 2. The number of para-hydroxylation sites is 1. The van der Waals surface area contributed by atoms with Crippen molar-refractivity contribution in [1.29, 1.82) is 0 Å². The maximum atomic E-state index is 14.2. The first-order chi connectivity index (χ1) is 17.2. The number of nitrogens with zero attached hydrogens (tertiary/aromatic N) is 5. The van der Waals surface area contributed by atoms with Gasteiger partial charge in [-0.1, -0.05) is 30.3 Å². The van der Waals surface area contributed by atoms with Crippen molar-refractivity contribution in [3.05, 3.63) is 83.3 Å². The number of benzene rings is 2. The Morgan fingerprint density at radius 1 is 1.03 bits per heavy atom. The highest BCUT2D eigenvalue weighted by molar-refractivity contribution is 5.94. The second kappa shape index (κ2) is 8.84. The highest BCUT2D eigenvalue weighted by Gasteiger charge is 2.22. The number of aromatic amines is 1. The molecule has 4 heterocycles. The zero-order valence-corrected chi connectivity index (χ0v) is 19.3. The monoisotopic (exact) mass is 467 g/mol. The lowest BCUT2D eigenvalue weighted by molar-refractivity contribution is 0.123. The smallest absolute Gasteiger partial charge is 0.265 e. The van der Waals surface area contributed by atoms with Gasteiger partial charge in [0.1, 0.15) is 11.8 Å². The van der Waals surface area contributed by atoms with E-state index >= 15 is 0 Å². The van der Waals surface area contributed by atoms with Crippen LogP contribution >= 0.6 is 0 Å². The average molecular weight is 468 g/mol. The van der Waals surface area contributed by atoms with Crippen molar-refractivity contribution in [3.8, 4) is 5.69 Å². The maximum Gasteiger partial charge on any atom is 0.265 e. The summed E-state index contributed by atoms with van der Waals surface area (Å²) in [4.78, 5) is 32.4. The lowest BCUT2D eigenvalue weighted by Crippen LogP contribution is -2.37. The zero-order chi connectivity index (χ0) is 23.8. The minimum Gasteiger partial charge on any atom is -0.378 e. The molecule has 1 fully saturated rings. The fraction of sp³-hybridized carbons (Fsp3) is 0.231. The van der Waals surface area contributed by atoms with Gasteiger partial charge in [-0.15, -0.1) is 0 Å². The van der Waals surface area contributed by atoms with Gasteiger partial charge in [0.05, 0.1) is 36.7 Å². The molecule has 9 heteroatoms. The quantitative estimate of drug-likeness (QED) is 0.407. The molecule has 0 unspecified atom stereocenters. The van der Waals surface area contributed by atoms with E-state index in [-0.39, 0.29) is 11.6 Å². The molecule has 9 nitrogen and oxygen atoms in total. The Kier molecular flexibility index (Phi) is 5.38. The van der Waals surface area contributed by atoms with Gasteiger partial charge in [-0.2, -0.15) is 0 Å². The van der Waals surface area contributed by atoms with Crippen molar-refractivity contribution in [1.82, 2.24) is 24.5 Å². The van der Waals surface area contributed by atoms with Crippen LogP contribution in [0, 0.1) is 0 Å². The second-order valence-electron chi connectivity index (χ2n) is 8.57. The average Bonchev–Trinajstić information content (AvgIpc) is 3.39. The van der Waals surface area contributed by atoms with E-state index in [1.807, 2.05) is 55.5 Å². The number of fused-ring (bicyclic) bond motifs is 2. The van der Waals surface area contributed by atoms with Gasteiger partial charge >= 0.3 is 0 Å². The van der Waals surface area contributed by atoms with Crippen LogP contribution < -0.4 is 15.8 Å². The molecule has 0 spiro atoms. The topological polar surface area (TPSA) is 101 Å². The Morgan fingerprint density at radius 2 is 1.86 bits per heavy atom. The number of hydrogen-bond donors (Lipinski definition) is 2. The third-order valence-electron chi connectivity index (χ3n) is 6.43. The van der Waals surface area contributed by atoms with E-state index in [0.717, 1.165) is 35.5 Å². The van der Waals surface area contributed by atoms with Crippen molar-refractivity contribution in [2.45, 2.75) is 13.0 Å². The summed E-state index contributed by atoms with van der Waals surface area (Å²) in [5.41, 5.74) is 3.85. The normalized spacial score (nSPS) is 14.9. The molecule has 0 bridgehead atoms. The predicted molar refractivity (Wildman–Crippen MR) is 136 cm³/mol. The zero-order valence-electron chi connectivity index (χ0n) is 19.3. The molecule has 0 amide bonds. The summed E-state index contributed by atoms with van der Waals surface area (Å²) in [7, 11) is 0. The summed E-state index contributed by atoms with van der Waals surface area (Å²) in [5, 5.41) is 5.07. The summed E-state index contributed by atoms with van der Waals surface area (Å²) < 4.78 is 7.34. The van der Waals surface area contributed by atoms with Crippen LogP contribution in [0.2, 0.25) is 0 Å². The van der Waals surface area contributed by atoms with Crippen LogP contribution in [0.5, 0.6) is 0 Å². The van der Waals surface area contributed by atoms with E-state index in [2.05, 4.69) is 36.2 Å². The first-order valence-electron chi connectivity index (χ1n) is 11.7. The van der Waals surface area contributed by atoms with Gasteiger partial charge in [-0.3, -0.25) is 9.36 Å². The fourth-order valence-electron chi connectivity index (χ4n) is 4.74. The minimum absolute atomic E-state index is 0.0490. The number of ether oxygens (including phenoxy) is 1. The lowest BCUT2D eigenvalue weighted by atomic mass is 10.0. The molecule has 1 atom stereocenters. The first-order valence-corrected chi connectivity index (χ1v) is 11.7. The lowest BCUT2D eigenvalue weighted by Gasteiger charge is -2.30. The highest BCUT2D eigenvalue weighted by Crippen LogP contribution is 2.30. The third-order valence-corrected chi connectivity index (χ3v) is 6.43. The molecule has 176 valence electrons. The van der Waals surface area contributed by atoms with E-state index in [9.17, 15) is 4.79 Å². The van der Waals surface area contributed by atoms with Crippen molar-refractivity contribution in [2.75, 3.05) is 36.5 Å². The highest BCUT2D eigenvalue weighted by atomic mass is 16.5. The number of rotatable bonds is 5. The Hall–Kier alpha value is -4.24. The van der Waals surface area contributed by atoms with Gasteiger partial charge < -0.3 is 19.9 Å². The van der Waals surface area contributed by atoms with Gasteiger partial charge in [0.2, 0.25) is 0 Å². The molecule has 1 aliphatic rings. The molecule has 3 aromatic heterocycles. The fourth-order valence-corrected chi connectivity index (χ4v) is 4.74. The van der Waals surface area contributed by atoms with Gasteiger partial charge in [-0.25, -0.2) is 15.0 Å². The maximum absolute atomic E-state index is 14.2. The SMILES string of the molecule is C[C@H](Nc1ncnc2[nH]cnc12)c1cc2cccc(N3CCOCC3)c2c(=O)n1-c1ccccc1. The van der Waals surface area contributed by atoms with Gasteiger partial charge in [0, 0.05) is 24.5 Å². The number of morpholine rings is 1. The number of H-pyrrole nitrogens is 1. The molecule has 35 heavy (non-hydrogen) atoms. The summed E-state index contributed by atoms with van der Waals surface area (Å²) in [6, 6.07) is 17.6. The van der Waals surface area contributed by atoms with Crippen LogP contribution in [0.3, 0.4) is 0 Å². The van der Waals surface area contributed by atoms with Crippen molar-refractivity contribution < 1.29 is 4.74 Å².